The molecule has 1 fully saturated rings. The second-order valence-electron chi connectivity index (χ2n) is 7.94. The summed E-state index contributed by atoms with van der Waals surface area (Å²) in [4.78, 5) is 9.92. The highest BCUT2D eigenvalue weighted by atomic mass is 127. The number of nitrogens with zero attached hydrogens (tertiary/aromatic N) is 3. The van der Waals surface area contributed by atoms with E-state index in [-0.39, 0.29) is 24.0 Å². The van der Waals surface area contributed by atoms with Crippen molar-refractivity contribution >= 4 is 29.9 Å². The Morgan fingerprint density at radius 1 is 1.00 bits per heavy atom. The van der Waals surface area contributed by atoms with Crippen LogP contribution in [0.15, 0.2) is 4.99 Å². The van der Waals surface area contributed by atoms with Crippen LogP contribution >= 0.6 is 24.0 Å². The maximum atomic E-state index is 4.78. The molecule has 1 aliphatic rings. The van der Waals surface area contributed by atoms with E-state index >= 15 is 0 Å². The summed E-state index contributed by atoms with van der Waals surface area (Å²) in [6.07, 6.45) is 10.5. The van der Waals surface area contributed by atoms with Crippen molar-refractivity contribution in [2.75, 3.05) is 52.4 Å². The summed E-state index contributed by atoms with van der Waals surface area (Å²) in [7, 11) is 0. The molecule has 1 atom stereocenters. The van der Waals surface area contributed by atoms with Crippen molar-refractivity contribution in [3.8, 4) is 0 Å². The van der Waals surface area contributed by atoms with E-state index in [0.717, 1.165) is 32.1 Å². The third kappa shape index (κ3) is 14.0. The van der Waals surface area contributed by atoms with Crippen molar-refractivity contribution in [2.45, 2.75) is 85.1 Å². The first kappa shape index (κ1) is 27.9. The zero-order chi connectivity index (χ0) is 19.7. The van der Waals surface area contributed by atoms with Crippen molar-refractivity contribution in [1.29, 1.82) is 0 Å². The van der Waals surface area contributed by atoms with E-state index in [1.165, 1.54) is 77.5 Å². The molecule has 0 aromatic heterocycles. The fourth-order valence-electron chi connectivity index (χ4n) is 3.78. The van der Waals surface area contributed by atoms with Crippen LogP contribution in [0.3, 0.4) is 0 Å². The molecule has 0 aromatic rings. The average molecular weight is 510 g/mol. The summed E-state index contributed by atoms with van der Waals surface area (Å²) in [5.74, 6) is 0.990. The molecule has 2 N–H and O–H groups in total. The second kappa shape index (κ2) is 18.9. The summed E-state index contributed by atoms with van der Waals surface area (Å²) in [6, 6.07) is 0.470. The van der Waals surface area contributed by atoms with Crippen LogP contribution in [-0.4, -0.2) is 74.2 Å². The lowest BCUT2D eigenvalue weighted by molar-refractivity contribution is 0.224. The van der Waals surface area contributed by atoms with E-state index in [1.54, 1.807) is 0 Å². The lowest BCUT2D eigenvalue weighted by Gasteiger charge is -2.26. The van der Waals surface area contributed by atoms with E-state index in [9.17, 15) is 0 Å². The lowest BCUT2D eigenvalue weighted by Crippen LogP contribution is -2.42. The van der Waals surface area contributed by atoms with Crippen molar-refractivity contribution in [2.24, 2.45) is 4.99 Å². The molecule has 0 amide bonds. The molecule has 1 saturated heterocycles. The number of piperidine rings is 1. The van der Waals surface area contributed by atoms with E-state index in [2.05, 4.69) is 48.1 Å². The monoisotopic (exact) mass is 509 g/mol. The summed E-state index contributed by atoms with van der Waals surface area (Å²) < 4.78 is 0. The molecule has 5 nitrogen and oxygen atoms in total. The minimum atomic E-state index is 0. The molecule has 0 aliphatic carbocycles. The number of hydrogen-bond acceptors (Lipinski definition) is 3. The normalized spacial score (nSPS) is 16.7. The van der Waals surface area contributed by atoms with E-state index in [4.69, 9.17) is 4.99 Å². The Morgan fingerprint density at radius 3 is 2.36 bits per heavy atom. The quantitative estimate of drug-likeness (QED) is 0.158. The van der Waals surface area contributed by atoms with Gasteiger partial charge in [0.15, 0.2) is 5.96 Å². The van der Waals surface area contributed by atoms with Crippen molar-refractivity contribution in [1.82, 2.24) is 20.4 Å². The fraction of sp³-hybridized carbons (Fsp3) is 0.955. The van der Waals surface area contributed by atoms with Gasteiger partial charge in [0.1, 0.15) is 0 Å². The standard InChI is InChI=1S/C22H47N5.HI/c1-5-23-22(25-21(4)15-14-20-26(6-2)7-3)24-16-10-8-11-17-27-18-12-9-13-19-27;/h21H,5-20H2,1-4H3,(H2,23,24,25);1H. The van der Waals surface area contributed by atoms with Crippen molar-refractivity contribution in [3.05, 3.63) is 0 Å². The number of halogens is 1. The highest BCUT2D eigenvalue weighted by Crippen LogP contribution is 2.10. The topological polar surface area (TPSA) is 42.9 Å². The smallest absolute Gasteiger partial charge is 0.191 e. The number of guanidine groups is 1. The highest BCUT2D eigenvalue weighted by molar-refractivity contribution is 14.0. The first-order valence-corrected chi connectivity index (χ1v) is 11.7. The van der Waals surface area contributed by atoms with Crippen LogP contribution in [0.4, 0.5) is 0 Å². The molecular formula is C22H48IN5. The van der Waals surface area contributed by atoms with Gasteiger partial charge in [-0.2, -0.15) is 0 Å². The van der Waals surface area contributed by atoms with Crippen LogP contribution in [0.2, 0.25) is 0 Å². The number of aliphatic imine (C=N–C) groups is 1. The Hall–Kier alpha value is -0.0800. The predicted octanol–water partition coefficient (Wildman–Crippen LogP) is 4.33. The highest BCUT2D eigenvalue weighted by Gasteiger charge is 2.09. The molecule has 0 aromatic carbocycles. The van der Waals surface area contributed by atoms with Crippen LogP contribution in [0.5, 0.6) is 0 Å². The number of unbranched alkanes of at least 4 members (excludes halogenated alkanes) is 2. The third-order valence-corrected chi connectivity index (χ3v) is 5.58. The van der Waals surface area contributed by atoms with Gasteiger partial charge in [-0.3, -0.25) is 4.99 Å². The van der Waals surface area contributed by atoms with Gasteiger partial charge in [-0.05, 0) is 91.6 Å². The first-order valence-electron chi connectivity index (χ1n) is 11.7. The van der Waals surface area contributed by atoms with E-state index in [1.807, 2.05) is 0 Å². The lowest BCUT2D eigenvalue weighted by atomic mass is 10.1. The Balaban J connectivity index is 0.00000729. The summed E-state index contributed by atoms with van der Waals surface area (Å²) in [5, 5.41) is 6.98. The molecule has 1 heterocycles. The summed E-state index contributed by atoms with van der Waals surface area (Å²) in [6.45, 7) is 18.2. The van der Waals surface area contributed by atoms with Crippen LogP contribution in [-0.2, 0) is 0 Å². The number of nitrogens with one attached hydrogen (secondary N) is 2. The zero-order valence-corrected chi connectivity index (χ0v) is 21.5. The van der Waals surface area contributed by atoms with Gasteiger partial charge < -0.3 is 20.4 Å². The summed E-state index contributed by atoms with van der Waals surface area (Å²) in [5.41, 5.74) is 0. The van der Waals surface area contributed by atoms with Gasteiger partial charge in [0, 0.05) is 19.1 Å². The fourth-order valence-corrected chi connectivity index (χ4v) is 3.78. The van der Waals surface area contributed by atoms with Crippen LogP contribution in [0, 0.1) is 0 Å². The molecule has 1 rings (SSSR count). The molecule has 6 heteroatoms. The maximum absolute atomic E-state index is 4.78. The Morgan fingerprint density at radius 2 is 1.71 bits per heavy atom. The van der Waals surface area contributed by atoms with E-state index < -0.39 is 0 Å². The SMILES string of the molecule is CCNC(=NCCCCCN1CCCCC1)NC(C)CCCN(CC)CC.I. The predicted molar refractivity (Wildman–Crippen MR) is 135 cm³/mol. The first-order chi connectivity index (χ1) is 13.2. The Labute approximate surface area is 192 Å². The Bertz CT molecular complexity index is 368. The molecule has 28 heavy (non-hydrogen) atoms. The number of likely N-dealkylation sites (tertiary alicyclic amines) is 1. The molecule has 0 spiro atoms. The van der Waals surface area contributed by atoms with E-state index in [0.29, 0.717) is 6.04 Å². The molecule has 1 aliphatic heterocycles. The molecule has 0 radical (unpaired) electrons. The Kier molecular flexibility index (Phi) is 18.9. The van der Waals surface area contributed by atoms with Crippen molar-refractivity contribution < 1.29 is 0 Å². The minimum absolute atomic E-state index is 0. The van der Waals surface area contributed by atoms with Gasteiger partial charge in [-0.15, -0.1) is 24.0 Å². The van der Waals surface area contributed by atoms with Gasteiger partial charge in [-0.1, -0.05) is 26.7 Å². The van der Waals surface area contributed by atoms with Gasteiger partial charge in [0.2, 0.25) is 0 Å². The van der Waals surface area contributed by atoms with Crippen molar-refractivity contribution in [3.63, 3.8) is 0 Å². The molecule has 1 unspecified atom stereocenters. The second-order valence-corrected chi connectivity index (χ2v) is 7.94. The number of rotatable bonds is 14. The maximum Gasteiger partial charge on any atom is 0.191 e. The third-order valence-electron chi connectivity index (χ3n) is 5.58. The molecular weight excluding hydrogens is 461 g/mol. The van der Waals surface area contributed by atoms with Gasteiger partial charge >= 0.3 is 0 Å². The largest absolute Gasteiger partial charge is 0.357 e. The van der Waals surface area contributed by atoms with Crippen LogP contribution in [0.1, 0.15) is 79.1 Å². The zero-order valence-electron chi connectivity index (χ0n) is 19.1. The summed E-state index contributed by atoms with van der Waals surface area (Å²) >= 11 is 0. The molecule has 168 valence electrons. The van der Waals surface area contributed by atoms with Gasteiger partial charge in [0.05, 0.1) is 0 Å². The van der Waals surface area contributed by atoms with Crippen LogP contribution in [0.25, 0.3) is 0 Å². The molecule has 0 saturated carbocycles. The number of hydrogen-bond donors (Lipinski definition) is 2. The minimum Gasteiger partial charge on any atom is -0.357 e. The van der Waals surface area contributed by atoms with Crippen LogP contribution < -0.4 is 10.6 Å². The average Bonchev–Trinajstić information content (AvgIpc) is 2.69. The van der Waals surface area contributed by atoms with Gasteiger partial charge in [0.25, 0.3) is 0 Å². The van der Waals surface area contributed by atoms with Gasteiger partial charge in [-0.25, -0.2) is 0 Å². The molecule has 0 bridgehead atoms.